The lowest BCUT2D eigenvalue weighted by molar-refractivity contribution is 0.320. The van der Waals surface area contributed by atoms with Gasteiger partial charge >= 0.3 is 0 Å². The molecule has 82 valence electrons. The minimum Gasteiger partial charge on any atom is -0.330 e. The van der Waals surface area contributed by atoms with Gasteiger partial charge in [0.1, 0.15) is 0 Å². The van der Waals surface area contributed by atoms with Crippen molar-refractivity contribution in [1.82, 2.24) is 5.32 Å². The minimum atomic E-state index is 0.515. The fourth-order valence-corrected chi connectivity index (χ4v) is 2.36. The SMILES string of the molecule is NCC1CCC(c2ccc(Br)cc2)NC1. The van der Waals surface area contributed by atoms with Gasteiger partial charge in [-0.05, 0) is 49.5 Å². The van der Waals surface area contributed by atoms with Crippen LogP contribution in [0, 0.1) is 5.92 Å². The third-order valence-corrected chi connectivity index (χ3v) is 3.65. The van der Waals surface area contributed by atoms with Gasteiger partial charge in [-0.25, -0.2) is 0 Å². The van der Waals surface area contributed by atoms with E-state index in [-0.39, 0.29) is 0 Å². The van der Waals surface area contributed by atoms with Crippen LogP contribution in [0.2, 0.25) is 0 Å². The summed E-state index contributed by atoms with van der Waals surface area (Å²) < 4.78 is 1.14. The van der Waals surface area contributed by atoms with Crippen LogP contribution in [0.3, 0.4) is 0 Å². The molecule has 1 aliphatic rings. The molecule has 3 heteroatoms. The number of halogens is 1. The molecule has 0 amide bonds. The third-order valence-electron chi connectivity index (χ3n) is 3.12. The summed E-state index contributed by atoms with van der Waals surface area (Å²) >= 11 is 3.45. The molecule has 2 nitrogen and oxygen atoms in total. The summed E-state index contributed by atoms with van der Waals surface area (Å²) in [5.74, 6) is 0.664. The van der Waals surface area contributed by atoms with Gasteiger partial charge in [-0.15, -0.1) is 0 Å². The standard InChI is InChI=1S/C12H17BrN2/c13-11-4-2-10(3-5-11)12-6-1-9(7-14)8-15-12/h2-5,9,12,15H,1,6-8,14H2. The van der Waals surface area contributed by atoms with Crippen molar-refractivity contribution >= 4 is 15.9 Å². The molecule has 1 aromatic rings. The molecule has 1 fully saturated rings. The Morgan fingerprint density at radius 3 is 2.53 bits per heavy atom. The highest BCUT2D eigenvalue weighted by atomic mass is 79.9. The number of benzene rings is 1. The summed E-state index contributed by atoms with van der Waals surface area (Å²) in [6.07, 6.45) is 2.44. The lowest BCUT2D eigenvalue weighted by Gasteiger charge is -2.29. The van der Waals surface area contributed by atoms with Crippen molar-refractivity contribution in [2.45, 2.75) is 18.9 Å². The molecule has 2 unspecified atom stereocenters. The molecule has 3 N–H and O–H groups in total. The maximum Gasteiger partial charge on any atom is 0.0320 e. The Kier molecular flexibility index (Phi) is 3.78. The Balaban J connectivity index is 1.98. The number of hydrogen-bond donors (Lipinski definition) is 2. The van der Waals surface area contributed by atoms with Crippen LogP contribution in [-0.2, 0) is 0 Å². The highest BCUT2D eigenvalue weighted by Crippen LogP contribution is 2.26. The van der Waals surface area contributed by atoms with Gasteiger partial charge in [0.25, 0.3) is 0 Å². The van der Waals surface area contributed by atoms with Crippen molar-refractivity contribution < 1.29 is 0 Å². The minimum absolute atomic E-state index is 0.515. The van der Waals surface area contributed by atoms with Gasteiger partial charge < -0.3 is 11.1 Å². The molecule has 1 heterocycles. The van der Waals surface area contributed by atoms with E-state index in [4.69, 9.17) is 5.73 Å². The number of nitrogens with two attached hydrogens (primary N) is 1. The summed E-state index contributed by atoms with van der Waals surface area (Å²) in [6, 6.07) is 9.09. The number of nitrogens with one attached hydrogen (secondary N) is 1. The molecule has 0 saturated carbocycles. The Morgan fingerprint density at radius 1 is 1.27 bits per heavy atom. The first-order valence-corrected chi connectivity index (χ1v) is 6.28. The number of rotatable bonds is 2. The Bertz CT molecular complexity index is 302. The quantitative estimate of drug-likeness (QED) is 0.865. The largest absolute Gasteiger partial charge is 0.330 e. The maximum absolute atomic E-state index is 5.66. The predicted octanol–water partition coefficient (Wildman–Crippen LogP) is 2.45. The van der Waals surface area contributed by atoms with Crippen LogP contribution < -0.4 is 11.1 Å². The van der Waals surface area contributed by atoms with E-state index in [0.717, 1.165) is 17.6 Å². The summed E-state index contributed by atoms with van der Waals surface area (Å²) in [7, 11) is 0. The first-order valence-electron chi connectivity index (χ1n) is 5.48. The maximum atomic E-state index is 5.66. The number of hydrogen-bond acceptors (Lipinski definition) is 2. The normalized spacial score (nSPS) is 26.5. The van der Waals surface area contributed by atoms with Crippen LogP contribution in [0.25, 0.3) is 0 Å². The Labute approximate surface area is 99.4 Å². The topological polar surface area (TPSA) is 38.0 Å². The van der Waals surface area contributed by atoms with E-state index in [0.29, 0.717) is 12.0 Å². The Morgan fingerprint density at radius 2 is 2.00 bits per heavy atom. The van der Waals surface area contributed by atoms with Crippen LogP contribution >= 0.6 is 15.9 Å². The van der Waals surface area contributed by atoms with E-state index in [1.54, 1.807) is 0 Å². The highest BCUT2D eigenvalue weighted by Gasteiger charge is 2.20. The second-order valence-electron chi connectivity index (χ2n) is 4.19. The van der Waals surface area contributed by atoms with Crippen LogP contribution in [0.15, 0.2) is 28.7 Å². The van der Waals surface area contributed by atoms with Gasteiger partial charge in [0.15, 0.2) is 0 Å². The summed E-state index contributed by atoms with van der Waals surface area (Å²) in [6.45, 7) is 1.86. The monoisotopic (exact) mass is 268 g/mol. The van der Waals surface area contributed by atoms with Gasteiger partial charge in [-0.1, -0.05) is 28.1 Å². The smallest absolute Gasteiger partial charge is 0.0320 e. The van der Waals surface area contributed by atoms with Gasteiger partial charge in [0.05, 0.1) is 0 Å². The second-order valence-corrected chi connectivity index (χ2v) is 5.11. The zero-order valence-electron chi connectivity index (χ0n) is 8.75. The molecule has 15 heavy (non-hydrogen) atoms. The number of piperidine rings is 1. The van der Waals surface area contributed by atoms with Crippen molar-refractivity contribution in [2.75, 3.05) is 13.1 Å². The van der Waals surface area contributed by atoms with E-state index >= 15 is 0 Å². The van der Waals surface area contributed by atoms with Gasteiger partial charge in [-0.2, -0.15) is 0 Å². The summed E-state index contributed by atoms with van der Waals surface area (Å²) in [5, 5.41) is 3.56. The average molecular weight is 269 g/mol. The van der Waals surface area contributed by atoms with Gasteiger partial charge in [0, 0.05) is 10.5 Å². The molecule has 2 atom stereocenters. The lowest BCUT2D eigenvalue weighted by atomic mass is 9.91. The fraction of sp³-hybridized carbons (Fsp3) is 0.500. The zero-order valence-corrected chi connectivity index (χ0v) is 10.3. The van der Waals surface area contributed by atoms with Crippen molar-refractivity contribution in [3.05, 3.63) is 34.3 Å². The van der Waals surface area contributed by atoms with Crippen molar-refractivity contribution in [1.29, 1.82) is 0 Å². The highest BCUT2D eigenvalue weighted by molar-refractivity contribution is 9.10. The van der Waals surface area contributed by atoms with Gasteiger partial charge in [-0.3, -0.25) is 0 Å². The molecule has 0 spiro atoms. The molecule has 0 radical (unpaired) electrons. The van der Waals surface area contributed by atoms with Crippen LogP contribution in [0.4, 0.5) is 0 Å². The summed E-state index contributed by atoms with van der Waals surface area (Å²) in [4.78, 5) is 0. The first kappa shape index (κ1) is 11.1. The average Bonchev–Trinajstić information content (AvgIpc) is 2.30. The van der Waals surface area contributed by atoms with Crippen molar-refractivity contribution in [2.24, 2.45) is 11.7 Å². The molecule has 1 saturated heterocycles. The first-order chi connectivity index (χ1) is 7.29. The molecular weight excluding hydrogens is 252 g/mol. The van der Waals surface area contributed by atoms with Crippen molar-refractivity contribution in [3.63, 3.8) is 0 Å². The Hall–Kier alpha value is -0.380. The van der Waals surface area contributed by atoms with E-state index in [2.05, 4.69) is 45.5 Å². The molecular formula is C12H17BrN2. The molecule has 0 aliphatic carbocycles. The van der Waals surface area contributed by atoms with Crippen LogP contribution in [-0.4, -0.2) is 13.1 Å². The van der Waals surface area contributed by atoms with E-state index in [1.807, 2.05) is 0 Å². The predicted molar refractivity (Wildman–Crippen MR) is 66.7 cm³/mol. The van der Waals surface area contributed by atoms with E-state index in [1.165, 1.54) is 18.4 Å². The molecule has 1 aliphatic heterocycles. The zero-order chi connectivity index (χ0) is 10.7. The van der Waals surface area contributed by atoms with Crippen LogP contribution in [0.1, 0.15) is 24.4 Å². The molecule has 2 rings (SSSR count). The second kappa shape index (κ2) is 5.10. The van der Waals surface area contributed by atoms with Gasteiger partial charge in [0.2, 0.25) is 0 Å². The molecule has 0 bridgehead atoms. The molecule has 1 aromatic carbocycles. The lowest BCUT2D eigenvalue weighted by Crippen LogP contribution is -2.36. The van der Waals surface area contributed by atoms with E-state index < -0.39 is 0 Å². The van der Waals surface area contributed by atoms with E-state index in [9.17, 15) is 0 Å². The van der Waals surface area contributed by atoms with Crippen molar-refractivity contribution in [3.8, 4) is 0 Å². The van der Waals surface area contributed by atoms with Crippen LogP contribution in [0.5, 0.6) is 0 Å². The summed E-state index contributed by atoms with van der Waals surface area (Å²) in [5.41, 5.74) is 7.04. The molecule has 0 aromatic heterocycles. The third kappa shape index (κ3) is 2.80. The fourth-order valence-electron chi connectivity index (χ4n) is 2.10.